The first-order valence-electron chi connectivity index (χ1n) is 8.56. The number of aryl methyl sites for hydroxylation is 1. The number of hydrogen-bond donors (Lipinski definition) is 1. The van der Waals surface area contributed by atoms with Crippen molar-refractivity contribution in [2.24, 2.45) is 0 Å². The summed E-state index contributed by atoms with van der Waals surface area (Å²) in [5.41, 5.74) is 4.33. The molecule has 0 saturated carbocycles. The summed E-state index contributed by atoms with van der Waals surface area (Å²) in [6, 6.07) is 19.4. The van der Waals surface area contributed by atoms with Crippen LogP contribution in [0.1, 0.15) is 5.56 Å². The first-order chi connectivity index (χ1) is 13.6. The number of rotatable bonds is 5. The van der Waals surface area contributed by atoms with Crippen molar-refractivity contribution in [1.29, 1.82) is 0 Å². The largest absolute Gasteiger partial charge is 0.325 e. The quantitative estimate of drug-likeness (QED) is 0.447. The average molecular weight is 454 g/mol. The number of carbonyl (C=O) groups excluding carboxylic acids is 1. The molecule has 28 heavy (non-hydrogen) atoms. The van der Waals surface area contributed by atoms with Crippen LogP contribution in [-0.4, -0.2) is 31.5 Å². The molecule has 0 bridgehead atoms. The smallest absolute Gasteiger partial charge is 0.234 e. The van der Waals surface area contributed by atoms with Crippen molar-refractivity contribution < 1.29 is 4.79 Å². The van der Waals surface area contributed by atoms with Crippen LogP contribution in [0.5, 0.6) is 0 Å². The minimum absolute atomic E-state index is 0.101. The Morgan fingerprint density at radius 1 is 1.11 bits per heavy atom. The van der Waals surface area contributed by atoms with Crippen LogP contribution in [0.4, 0.5) is 5.69 Å². The van der Waals surface area contributed by atoms with E-state index >= 15 is 0 Å². The third kappa shape index (κ3) is 4.23. The Bertz CT molecular complexity index is 1140. The predicted octanol–water partition coefficient (Wildman–Crippen LogP) is 4.59. The summed E-state index contributed by atoms with van der Waals surface area (Å²) in [5, 5.41) is 16.4. The van der Waals surface area contributed by atoms with Gasteiger partial charge in [0, 0.05) is 15.7 Å². The maximum Gasteiger partial charge on any atom is 0.234 e. The molecule has 2 aromatic carbocycles. The number of carbonyl (C=O) groups is 1. The highest BCUT2D eigenvalue weighted by molar-refractivity contribution is 9.10. The summed E-state index contributed by atoms with van der Waals surface area (Å²) < 4.78 is 2.68. The minimum atomic E-state index is -0.101. The monoisotopic (exact) mass is 453 g/mol. The zero-order valence-corrected chi connectivity index (χ0v) is 17.4. The molecule has 0 aliphatic heterocycles. The molecular formula is C20H16BrN5OS. The Hall–Kier alpha value is -2.71. The molecule has 4 rings (SSSR count). The van der Waals surface area contributed by atoms with Crippen LogP contribution in [0.3, 0.4) is 0 Å². The van der Waals surface area contributed by atoms with Crippen LogP contribution < -0.4 is 5.32 Å². The Morgan fingerprint density at radius 2 is 1.93 bits per heavy atom. The number of nitrogens with one attached hydrogen (secondary N) is 1. The van der Waals surface area contributed by atoms with E-state index in [1.54, 1.807) is 4.52 Å². The van der Waals surface area contributed by atoms with E-state index < -0.39 is 0 Å². The fourth-order valence-electron chi connectivity index (χ4n) is 2.68. The van der Waals surface area contributed by atoms with Crippen molar-refractivity contribution in [1.82, 2.24) is 19.8 Å². The van der Waals surface area contributed by atoms with Gasteiger partial charge in [-0.15, -0.1) is 10.2 Å². The molecule has 0 unspecified atom stereocenters. The molecule has 0 aliphatic carbocycles. The predicted molar refractivity (Wildman–Crippen MR) is 114 cm³/mol. The van der Waals surface area contributed by atoms with Crippen molar-refractivity contribution >= 4 is 44.9 Å². The first-order valence-corrected chi connectivity index (χ1v) is 10.3. The molecular weight excluding hydrogens is 438 g/mol. The Balaban J connectivity index is 1.50. The van der Waals surface area contributed by atoms with Crippen LogP contribution in [0, 0.1) is 6.92 Å². The van der Waals surface area contributed by atoms with Crippen molar-refractivity contribution in [3.8, 4) is 11.3 Å². The van der Waals surface area contributed by atoms with Crippen LogP contribution >= 0.6 is 27.7 Å². The number of benzene rings is 2. The lowest BCUT2D eigenvalue weighted by Gasteiger charge is -2.06. The van der Waals surface area contributed by atoms with E-state index in [2.05, 4.69) is 36.5 Å². The van der Waals surface area contributed by atoms with Gasteiger partial charge >= 0.3 is 0 Å². The summed E-state index contributed by atoms with van der Waals surface area (Å²) in [6.07, 6.45) is 0. The lowest BCUT2D eigenvalue weighted by Crippen LogP contribution is -2.14. The van der Waals surface area contributed by atoms with Gasteiger partial charge in [-0.2, -0.15) is 9.61 Å². The van der Waals surface area contributed by atoms with Crippen molar-refractivity contribution in [2.45, 2.75) is 12.1 Å². The highest BCUT2D eigenvalue weighted by Crippen LogP contribution is 2.22. The third-order valence-electron chi connectivity index (χ3n) is 4.01. The van der Waals surface area contributed by atoms with Crippen LogP contribution in [-0.2, 0) is 4.79 Å². The van der Waals surface area contributed by atoms with E-state index in [-0.39, 0.29) is 11.7 Å². The number of anilines is 1. The summed E-state index contributed by atoms with van der Waals surface area (Å²) in [6.45, 7) is 1.99. The molecule has 0 aliphatic rings. The number of thioether (sulfide) groups is 1. The standard InChI is InChI=1S/C20H16BrN5OS/c1-13-3-2-4-16(11-13)22-19(27)12-28-20-24-23-18-10-9-17(25-26(18)20)14-5-7-15(21)8-6-14/h2-11H,12H2,1H3,(H,22,27). The van der Waals surface area contributed by atoms with E-state index in [4.69, 9.17) is 0 Å². The summed E-state index contributed by atoms with van der Waals surface area (Å²) in [4.78, 5) is 12.3. The van der Waals surface area contributed by atoms with E-state index in [0.29, 0.717) is 10.8 Å². The van der Waals surface area contributed by atoms with Crippen LogP contribution in [0.2, 0.25) is 0 Å². The van der Waals surface area contributed by atoms with Gasteiger partial charge in [0.05, 0.1) is 11.4 Å². The zero-order chi connectivity index (χ0) is 19.5. The molecule has 1 N–H and O–H groups in total. The van der Waals surface area contributed by atoms with Crippen molar-refractivity contribution in [3.63, 3.8) is 0 Å². The summed E-state index contributed by atoms with van der Waals surface area (Å²) in [5.74, 6) is 0.121. The third-order valence-corrected chi connectivity index (χ3v) is 5.46. The molecule has 140 valence electrons. The van der Waals surface area contributed by atoms with Gasteiger partial charge in [0.1, 0.15) is 0 Å². The molecule has 0 fully saturated rings. The number of fused-ring (bicyclic) bond motifs is 1. The van der Waals surface area contributed by atoms with E-state index in [1.165, 1.54) is 11.8 Å². The van der Waals surface area contributed by atoms with E-state index in [9.17, 15) is 4.79 Å². The average Bonchev–Trinajstić information content (AvgIpc) is 3.09. The summed E-state index contributed by atoms with van der Waals surface area (Å²) >= 11 is 4.74. The normalized spacial score (nSPS) is 10.9. The molecule has 0 spiro atoms. The number of amides is 1. The number of aromatic nitrogens is 4. The highest BCUT2D eigenvalue weighted by Gasteiger charge is 2.12. The summed E-state index contributed by atoms with van der Waals surface area (Å²) in [7, 11) is 0. The molecule has 4 aromatic rings. The number of halogens is 1. The second kappa shape index (κ2) is 8.12. The SMILES string of the molecule is Cc1cccc(NC(=O)CSc2nnc3ccc(-c4ccc(Br)cc4)nn23)c1. The Morgan fingerprint density at radius 3 is 2.71 bits per heavy atom. The fraction of sp³-hybridized carbons (Fsp3) is 0.100. The van der Waals surface area contributed by atoms with Crippen LogP contribution in [0.15, 0.2) is 70.3 Å². The van der Waals surface area contributed by atoms with Gasteiger partial charge in [-0.25, -0.2) is 0 Å². The lowest BCUT2D eigenvalue weighted by molar-refractivity contribution is -0.113. The molecule has 0 radical (unpaired) electrons. The fourth-order valence-corrected chi connectivity index (χ4v) is 3.64. The zero-order valence-electron chi connectivity index (χ0n) is 15.0. The van der Waals surface area contributed by atoms with Crippen molar-refractivity contribution in [3.05, 3.63) is 70.7 Å². The van der Waals surface area contributed by atoms with Gasteiger partial charge in [0.15, 0.2) is 5.65 Å². The minimum Gasteiger partial charge on any atom is -0.325 e. The molecule has 0 saturated heterocycles. The van der Waals surface area contributed by atoms with Crippen LogP contribution in [0.25, 0.3) is 16.9 Å². The maximum atomic E-state index is 12.3. The van der Waals surface area contributed by atoms with Gasteiger partial charge < -0.3 is 5.32 Å². The molecule has 2 heterocycles. The molecule has 8 heteroatoms. The lowest BCUT2D eigenvalue weighted by atomic mass is 10.1. The molecule has 1 amide bonds. The van der Waals surface area contributed by atoms with Gasteiger partial charge in [0.2, 0.25) is 11.1 Å². The van der Waals surface area contributed by atoms with Crippen molar-refractivity contribution in [2.75, 3.05) is 11.1 Å². The second-order valence-electron chi connectivity index (χ2n) is 6.18. The topological polar surface area (TPSA) is 72.2 Å². The number of hydrogen-bond acceptors (Lipinski definition) is 5. The van der Waals surface area contributed by atoms with Gasteiger partial charge in [-0.3, -0.25) is 4.79 Å². The molecule has 0 atom stereocenters. The number of nitrogens with zero attached hydrogens (tertiary/aromatic N) is 4. The Kier molecular flexibility index (Phi) is 5.40. The Labute approximate surface area is 174 Å². The maximum absolute atomic E-state index is 12.3. The van der Waals surface area contributed by atoms with E-state index in [1.807, 2.05) is 67.6 Å². The van der Waals surface area contributed by atoms with Gasteiger partial charge in [-0.1, -0.05) is 52.0 Å². The second-order valence-corrected chi connectivity index (χ2v) is 8.04. The highest BCUT2D eigenvalue weighted by atomic mass is 79.9. The molecule has 2 aromatic heterocycles. The molecule has 6 nitrogen and oxygen atoms in total. The van der Waals surface area contributed by atoms with E-state index in [0.717, 1.165) is 27.0 Å². The van der Waals surface area contributed by atoms with Gasteiger partial charge in [-0.05, 0) is 48.9 Å². The van der Waals surface area contributed by atoms with Gasteiger partial charge in [0.25, 0.3) is 0 Å². The first kappa shape index (κ1) is 18.6.